The molecular formula is C15H22ClN3O3S. The van der Waals surface area contributed by atoms with Crippen LogP contribution in [0, 0.1) is 0 Å². The van der Waals surface area contributed by atoms with Gasteiger partial charge in [0.1, 0.15) is 0 Å². The third-order valence-electron chi connectivity index (χ3n) is 4.26. The van der Waals surface area contributed by atoms with E-state index in [1.807, 2.05) is 11.8 Å². The van der Waals surface area contributed by atoms with Crippen LogP contribution in [0.5, 0.6) is 0 Å². The van der Waals surface area contributed by atoms with Gasteiger partial charge in [0.25, 0.3) is 5.91 Å². The zero-order valence-electron chi connectivity index (χ0n) is 13.1. The molecule has 1 amide bonds. The van der Waals surface area contributed by atoms with E-state index in [4.69, 9.17) is 0 Å². The highest BCUT2D eigenvalue weighted by atomic mass is 35.5. The number of hydrogen-bond donors (Lipinski definition) is 1. The van der Waals surface area contributed by atoms with E-state index >= 15 is 0 Å². The molecule has 0 spiro atoms. The molecule has 0 aliphatic carbocycles. The molecule has 3 rings (SSSR count). The van der Waals surface area contributed by atoms with E-state index in [9.17, 15) is 13.2 Å². The first kappa shape index (κ1) is 18.0. The summed E-state index contributed by atoms with van der Waals surface area (Å²) in [7, 11) is -3.17. The highest BCUT2D eigenvalue weighted by molar-refractivity contribution is 7.93. The first-order chi connectivity index (χ1) is 10.5. The van der Waals surface area contributed by atoms with Gasteiger partial charge in [-0.25, -0.2) is 8.42 Å². The fraction of sp³-hybridized carbons (Fsp3) is 0.533. The smallest absolute Gasteiger partial charge is 0.254 e. The number of halogens is 1. The third-order valence-corrected chi connectivity index (χ3v) is 6.13. The monoisotopic (exact) mass is 359 g/mol. The zero-order chi connectivity index (χ0) is 15.7. The largest absolute Gasteiger partial charge is 0.333 e. The lowest BCUT2D eigenvalue weighted by Crippen LogP contribution is -2.52. The Bertz CT molecular complexity index is 663. The van der Waals surface area contributed by atoms with Crippen molar-refractivity contribution in [2.45, 2.75) is 19.4 Å². The van der Waals surface area contributed by atoms with Gasteiger partial charge in [-0.1, -0.05) is 0 Å². The molecule has 0 aromatic heterocycles. The Morgan fingerprint density at radius 3 is 2.48 bits per heavy atom. The lowest BCUT2D eigenvalue weighted by Gasteiger charge is -2.34. The van der Waals surface area contributed by atoms with Crippen LogP contribution in [0.3, 0.4) is 0 Å². The highest BCUT2D eigenvalue weighted by Crippen LogP contribution is 2.24. The predicted molar refractivity (Wildman–Crippen MR) is 92.8 cm³/mol. The fourth-order valence-corrected chi connectivity index (χ4v) is 4.57. The van der Waals surface area contributed by atoms with E-state index < -0.39 is 10.0 Å². The maximum Gasteiger partial charge on any atom is 0.254 e. The minimum absolute atomic E-state index is 0. The second-order valence-corrected chi connectivity index (χ2v) is 7.85. The molecule has 1 aromatic carbocycles. The minimum Gasteiger partial charge on any atom is -0.333 e. The summed E-state index contributed by atoms with van der Waals surface area (Å²) >= 11 is 0. The maximum absolute atomic E-state index is 12.5. The summed E-state index contributed by atoms with van der Waals surface area (Å²) in [6.07, 6.45) is 0.654. The molecular weight excluding hydrogens is 338 g/mol. The minimum atomic E-state index is -3.17. The molecule has 23 heavy (non-hydrogen) atoms. The summed E-state index contributed by atoms with van der Waals surface area (Å²) in [5.41, 5.74) is 1.25. The zero-order valence-corrected chi connectivity index (χ0v) is 14.7. The van der Waals surface area contributed by atoms with Crippen LogP contribution >= 0.6 is 12.4 Å². The van der Waals surface area contributed by atoms with Crippen LogP contribution in [0.2, 0.25) is 0 Å². The molecule has 2 heterocycles. The number of amides is 1. The number of benzene rings is 1. The van der Waals surface area contributed by atoms with E-state index in [-0.39, 0.29) is 30.1 Å². The molecule has 2 fully saturated rings. The number of nitrogens with one attached hydrogen (secondary N) is 1. The number of anilines is 1. The summed E-state index contributed by atoms with van der Waals surface area (Å²) in [6, 6.07) is 7.06. The number of carbonyl (C=O) groups is 1. The van der Waals surface area contributed by atoms with Crippen molar-refractivity contribution in [3.05, 3.63) is 29.8 Å². The molecule has 0 saturated carbocycles. The molecule has 0 bridgehead atoms. The molecule has 128 valence electrons. The Morgan fingerprint density at radius 1 is 1.22 bits per heavy atom. The molecule has 1 atom stereocenters. The summed E-state index contributed by atoms with van der Waals surface area (Å²) in [5.74, 6) is 0.205. The van der Waals surface area contributed by atoms with Gasteiger partial charge in [0, 0.05) is 37.8 Å². The third kappa shape index (κ3) is 3.62. The normalized spacial score (nSPS) is 23.4. The van der Waals surface area contributed by atoms with E-state index in [1.165, 1.54) is 4.31 Å². The van der Waals surface area contributed by atoms with Gasteiger partial charge in [-0.15, -0.1) is 12.4 Å². The first-order valence-electron chi connectivity index (χ1n) is 7.61. The predicted octanol–water partition coefficient (Wildman–Crippen LogP) is 1.08. The summed E-state index contributed by atoms with van der Waals surface area (Å²) < 4.78 is 25.3. The Hall–Kier alpha value is -1.31. The van der Waals surface area contributed by atoms with Gasteiger partial charge in [-0.05, 0) is 37.6 Å². The number of hydrogen-bond acceptors (Lipinski definition) is 4. The summed E-state index contributed by atoms with van der Waals surface area (Å²) in [6.45, 7) is 4.85. The van der Waals surface area contributed by atoms with Gasteiger partial charge in [-0.3, -0.25) is 9.10 Å². The van der Waals surface area contributed by atoms with Crippen molar-refractivity contribution in [1.29, 1.82) is 0 Å². The van der Waals surface area contributed by atoms with E-state index in [1.54, 1.807) is 24.3 Å². The van der Waals surface area contributed by atoms with Gasteiger partial charge in [-0.2, -0.15) is 0 Å². The number of carbonyl (C=O) groups excluding carboxylic acids is 1. The van der Waals surface area contributed by atoms with E-state index in [0.717, 1.165) is 13.1 Å². The van der Waals surface area contributed by atoms with Gasteiger partial charge in [0.15, 0.2) is 0 Å². The van der Waals surface area contributed by atoms with Crippen LogP contribution in [-0.2, 0) is 10.0 Å². The van der Waals surface area contributed by atoms with Gasteiger partial charge >= 0.3 is 0 Å². The van der Waals surface area contributed by atoms with Crippen LogP contribution in [0.15, 0.2) is 24.3 Å². The molecule has 1 N–H and O–H groups in total. The van der Waals surface area contributed by atoms with Crippen LogP contribution in [0.25, 0.3) is 0 Å². The lowest BCUT2D eigenvalue weighted by molar-refractivity contribution is 0.0656. The molecule has 2 aliphatic heterocycles. The average Bonchev–Trinajstić information content (AvgIpc) is 2.87. The van der Waals surface area contributed by atoms with Gasteiger partial charge < -0.3 is 10.2 Å². The lowest BCUT2D eigenvalue weighted by atomic mass is 10.1. The Kier molecular flexibility index (Phi) is 5.54. The van der Waals surface area contributed by atoms with Crippen molar-refractivity contribution in [3.63, 3.8) is 0 Å². The van der Waals surface area contributed by atoms with Gasteiger partial charge in [0.2, 0.25) is 10.0 Å². The van der Waals surface area contributed by atoms with E-state index in [0.29, 0.717) is 30.8 Å². The number of nitrogens with zero attached hydrogens (tertiary/aromatic N) is 2. The van der Waals surface area contributed by atoms with E-state index in [2.05, 4.69) is 5.32 Å². The standard InChI is InChI=1S/C15H21N3O3S.ClH/c1-12-11-16-7-9-17(12)15(19)13-3-5-14(6-4-13)18-8-2-10-22(18,20)21;/h3-6,12,16H,2,7-11H2,1H3;1H/t12-;/m0./s1. The molecule has 6 nitrogen and oxygen atoms in total. The molecule has 2 aliphatic rings. The first-order valence-corrected chi connectivity index (χ1v) is 9.22. The second kappa shape index (κ2) is 7.07. The van der Waals surface area contributed by atoms with Crippen LogP contribution in [0.1, 0.15) is 23.7 Å². The maximum atomic E-state index is 12.5. The second-order valence-electron chi connectivity index (χ2n) is 5.84. The number of piperazine rings is 1. The number of rotatable bonds is 2. The van der Waals surface area contributed by atoms with Crippen LogP contribution in [-0.4, -0.2) is 57.2 Å². The van der Waals surface area contributed by atoms with Crippen molar-refractivity contribution < 1.29 is 13.2 Å². The Balaban J connectivity index is 0.00000192. The van der Waals surface area contributed by atoms with Crippen LogP contribution < -0.4 is 9.62 Å². The average molecular weight is 360 g/mol. The van der Waals surface area contributed by atoms with Crippen molar-refractivity contribution >= 4 is 34.0 Å². The van der Waals surface area contributed by atoms with Crippen molar-refractivity contribution in [2.24, 2.45) is 0 Å². The quantitative estimate of drug-likeness (QED) is 0.858. The Labute approximate surface area is 143 Å². The fourth-order valence-electron chi connectivity index (χ4n) is 3.01. The van der Waals surface area contributed by atoms with Gasteiger partial charge in [0.05, 0.1) is 11.4 Å². The summed E-state index contributed by atoms with van der Waals surface area (Å²) in [5, 5.41) is 3.26. The molecule has 0 unspecified atom stereocenters. The topological polar surface area (TPSA) is 69.7 Å². The molecule has 0 radical (unpaired) electrons. The highest BCUT2D eigenvalue weighted by Gasteiger charge is 2.29. The van der Waals surface area contributed by atoms with Crippen molar-refractivity contribution in [1.82, 2.24) is 10.2 Å². The van der Waals surface area contributed by atoms with Crippen molar-refractivity contribution in [3.8, 4) is 0 Å². The Morgan fingerprint density at radius 2 is 1.91 bits per heavy atom. The molecule has 2 saturated heterocycles. The SMILES string of the molecule is C[C@H]1CNCCN1C(=O)c1ccc(N2CCCS2(=O)=O)cc1.Cl. The summed E-state index contributed by atoms with van der Waals surface area (Å²) in [4.78, 5) is 14.4. The van der Waals surface area contributed by atoms with Crippen LogP contribution in [0.4, 0.5) is 5.69 Å². The molecule has 8 heteroatoms. The number of sulfonamides is 1. The van der Waals surface area contributed by atoms with Crippen molar-refractivity contribution in [2.75, 3.05) is 36.2 Å². The molecule has 1 aromatic rings.